The molecular weight excluding hydrogens is 300 g/mol. The number of hydrogen-bond acceptors (Lipinski definition) is 2. The molecule has 0 unspecified atom stereocenters. The molecule has 0 N–H and O–H groups in total. The molecule has 0 aromatic heterocycles. The number of para-hydroxylation sites is 1. The standard InChI is InChI=1S/C20H32N2O2/c1-7-13-21(14-8-2)19(24)15-22(16(3)23)18-12-10-9-11-17(18)20(4,5)6/h9-12H,7-8,13-15H2,1-6H3. The van der Waals surface area contributed by atoms with E-state index in [4.69, 9.17) is 0 Å². The van der Waals surface area contributed by atoms with E-state index < -0.39 is 0 Å². The van der Waals surface area contributed by atoms with Gasteiger partial charge in [-0.1, -0.05) is 52.8 Å². The molecule has 1 aromatic rings. The van der Waals surface area contributed by atoms with Crippen LogP contribution in [0, 0.1) is 0 Å². The van der Waals surface area contributed by atoms with Crippen LogP contribution in [-0.4, -0.2) is 36.3 Å². The highest BCUT2D eigenvalue weighted by atomic mass is 16.2. The largest absolute Gasteiger partial charge is 0.341 e. The van der Waals surface area contributed by atoms with Gasteiger partial charge in [0.2, 0.25) is 11.8 Å². The maximum atomic E-state index is 12.7. The maximum Gasteiger partial charge on any atom is 0.242 e. The second kappa shape index (κ2) is 8.86. The van der Waals surface area contributed by atoms with E-state index in [9.17, 15) is 9.59 Å². The summed E-state index contributed by atoms with van der Waals surface area (Å²) in [4.78, 5) is 28.4. The molecular formula is C20H32N2O2. The molecule has 0 radical (unpaired) electrons. The van der Waals surface area contributed by atoms with Gasteiger partial charge in [0.25, 0.3) is 0 Å². The maximum absolute atomic E-state index is 12.7. The highest BCUT2D eigenvalue weighted by Gasteiger charge is 2.25. The average molecular weight is 332 g/mol. The van der Waals surface area contributed by atoms with Gasteiger partial charge in [0.15, 0.2) is 0 Å². The first-order chi connectivity index (χ1) is 11.2. The first-order valence-corrected chi connectivity index (χ1v) is 8.87. The lowest BCUT2D eigenvalue weighted by Crippen LogP contribution is -2.43. The molecule has 0 atom stereocenters. The third-order valence-electron chi connectivity index (χ3n) is 4.02. The van der Waals surface area contributed by atoms with Crippen LogP contribution in [0.5, 0.6) is 0 Å². The van der Waals surface area contributed by atoms with E-state index in [-0.39, 0.29) is 23.8 Å². The van der Waals surface area contributed by atoms with Crippen molar-refractivity contribution >= 4 is 17.5 Å². The molecule has 134 valence electrons. The molecule has 0 spiro atoms. The van der Waals surface area contributed by atoms with Crippen LogP contribution in [0.4, 0.5) is 5.69 Å². The van der Waals surface area contributed by atoms with Crippen LogP contribution in [0.3, 0.4) is 0 Å². The first-order valence-electron chi connectivity index (χ1n) is 8.87. The zero-order valence-corrected chi connectivity index (χ0v) is 16.1. The van der Waals surface area contributed by atoms with Crippen LogP contribution in [0.25, 0.3) is 0 Å². The van der Waals surface area contributed by atoms with Gasteiger partial charge < -0.3 is 9.80 Å². The van der Waals surface area contributed by atoms with E-state index in [0.29, 0.717) is 0 Å². The Morgan fingerprint density at radius 3 is 2.00 bits per heavy atom. The Kier molecular flexibility index (Phi) is 7.46. The Labute approximate surface area is 146 Å². The number of amides is 2. The molecule has 0 aliphatic heterocycles. The van der Waals surface area contributed by atoms with E-state index >= 15 is 0 Å². The van der Waals surface area contributed by atoms with Gasteiger partial charge in [-0.3, -0.25) is 9.59 Å². The van der Waals surface area contributed by atoms with E-state index in [2.05, 4.69) is 34.6 Å². The van der Waals surface area contributed by atoms with Gasteiger partial charge in [-0.25, -0.2) is 0 Å². The first kappa shape index (κ1) is 20.2. The zero-order valence-electron chi connectivity index (χ0n) is 16.1. The van der Waals surface area contributed by atoms with Crippen molar-refractivity contribution in [2.75, 3.05) is 24.5 Å². The lowest BCUT2D eigenvalue weighted by atomic mass is 9.85. The van der Waals surface area contributed by atoms with Crippen molar-refractivity contribution in [2.45, 2.75) is 59.8 Å². The van der Waals surface area contributed by atoms with Crippen LogP contribution in [0.1, 0.15) is 59.9 Å². The fraction of sp³-hybridized carbons (Fsp3) is 0.600. The number of anilines is 1. The summed E-state index contributed by atoms with van der Waals surface area (Å²) in [5, 5.41) is 0. The average Bonchev–Trinajstić information content (AvgIpc) is 2.51. The zero-order chi connectivity index (χ0) is 18.3. The minimum absolute atomic E-state index is 0.0117. The molecule has 4 nitrogen and oxygen atoms in total. The fourth-order valence-corrected chi connectivity index (χ4v) is 2.85. The second-order valence-electron chi connectivity index (χ2n) is 7.25. The van der Waals surface area contributed by atoms with Crippen molar-refractivity contribution in [2.24, 2.45) is 0 Å². The Balaban J connectivity index is 3.13. The topological polar surface area (TPSA) is 40.6 Å². The van der Waals surface area contributed by atoms with Crippen LogP contribution < -0.4 is 4.90 Å². The summed E-state index contributed by atoms with van der Waals surface area (Å²) in [6, 6.07) is 7.86. The smallest absolute Gasteiger partial charge is 0.242 e. The van der Waals surface area contributed by atoms with Gasteiger partial charge in [0, 0.05) is 25.7 Å². The normalized spacial score (nSPS) is 11.2. The SMILES string of the molecule is CCCN(CCC)C(=O)CN(C(C)=O)c1ccccc1C(C)(C)C. The molecule has 0 aliphatic carbocycles. The molecule has 0 saturated carbocycles. The summed E-state index contributed by atoms with van der Waals surface area (Å²) < 4.78 is 0. The van der Waals surface area contributed by atoms with E-state index in [1.165, 1.54) is 6.92 Å². The lowest BCUT2D eigenvalue weighted by molar-refractivity contribution is -0.131. The molecule has 0 saturated heterocycles. The molecule has 0 heterocycles. The third kappa shape index (κ3) is 5.36. The van der Waals surface area contributed by atoms with E-state index in [1.807, 2.05) is 29.2 Å². The van der Waals surface area contributed by atoms with E-state index in [1.54, 1.807) is 4.90 Å². The van der Waals surface area contributed by atoms with Gasteiger partial charge in [-0.15, -0.1) is 0 Å². The van der Waals surface area contributed by atoms with Gasteiger partial charge >= 0.3 is 0 Å². The Morgan fingerprint density at radius 1 is 1.00 bits per heavy atom. The van der Waals surface area contributed by atoms with Crippen LogP contribution in [0.15, 0.2) is 24.3 Å². The van der Waals surface area contributed by atoms with Gasteiger partial charge in [-0.05, 0) is 29.9 Å². The number of benzene rings is 1. The molecule has 1 rings (SSSR count). The summed E-state index contributed by atoms with van der Waals surface area (Å²) in [5.41, 5.74) is 1.81. The predicted octanol–water partition coefficient (Wildman–Crippen LogP) is 3.99. The van der Waals surface area contributed by atoms with Crippen molar-refractivity contribution < 1.29 is 9.59 Å². The van der Waals surface area contributed by atoms with Gasteiger partial charge in [-0.2, -0.15) is 0 Å². The molecule has 24 heavy (non-hydrogen) atoms. The highest BCUT2D eigenvalue weighted by molar-refractivity contribution is 5.98. The Morgan fingerprint density at radius 2 is 1.54 bits per heavy atom. The van der Waals surface area contributed by atoms with Crippen LogP contribution in [0.2, 0.25) is 0 Å². The van der Waals surface area contributed by atoms with Crippen LogP contribution in [-0.2, 0) is 15.0 Å². The van der Waals surface area contributed by atoms with Crippen molar-refractivity contribution in [3.05, 3.63) is 29.8 Å². The molecule has 0 fully saturated rings. The van der Waals surface area contributed by atoms with Crippen molar-refractivity contribution in [3.63, 3.8) is 0 Å². The van der Waals surface area contributed by atoms with Crippen molar-refractivity contribution in [1.29, 1.82) is 0 Å². The van der Waals surface area contributed by atoms with Crippen molar-refractivity contribution in [3.8, 4) is 0 Å². The molecule has 1 aromatic carbocycles. The fourth-order valence-electron chi connectivity index (χ4n) is 2.85. The lowest BCUT2D eigenvalue weighted by Gasteiger charge is -2.31. The Hall–Kier alpha value is -1.84. The predicted molar refractivity (Wildman–Crippen MR) is 100 cm³/mol. The Bertz CT molecular complexity index is 555. The minimum atomic E-state index is -0.104. The molecule has 0 bridgehead atoms. The van der Waals surface area contributed by atoms with Gasteiger partial charge in [0.1, 0.15) is 6.54 Å². The monoisotopic (exact) mass is 332 g/mol. The van der Waals surface area contributed by atoms with Crippen molar-refractivity contribution in [1.82, 2.24) is 4.90 Å². The minimum Gasteiger partial charge on any atom is -0.341 e. The second-order valence-corrected chi connectivity index (χ2v) is 7.25. The van der Waals surface area contributed by atoms with E-state index in [0.717, 1.165) is 37.2 Å². The molecule has 2 amide bonds. The summed E-state index contributed by atoms with van der Waals surface area (Å²) in [7, 11) is 0. The summed E-state index contributed by atoms with van der Waals surface area (Å²) >= 11 is 0. The van der Waals surface area contributed by atoms with Crippen LogP contribution >= 0.6 is 0 Å². The summed E-state index contributed by atoms with van der Waals surface area (Å²) in [5.74, 6) is -0.0920. The number of carbonyl (C=O) groups excluding carboxylic acids is 2. The third-order valence-corrected chi connectivity index (χ3v) is 4.02. The van der Waals surface area contributed by atoms with Gasteiger partial charge in [0.05, 0.1) is 0 Å². The highest BCUT2D eigenvalue weighted by Crippen LogP contribution is 2.32. The quantitative estimate of drug-likeness (QED) is 0.757. The summed E-state index contributed by atoms with van der Waals surface area (Å²) in [6.07, 6.45) is 1.84. The number of hydrogen-bond donors (Lipinski definition) is 0. The number of rotatable bonds is 7. The summed E-state index contributed by atoms with van der Waals surface area (Å²) in [6.45, 7) is 13.6. The molecule has 0 aliphatic rings. The number of nitrogens with zero attached hydrogens (tertiary/aromatic N) is 2. The number of carbonyl (C=O) groups is 2. The molecule has 4 heteroatoms.